The van der Waals surface area contributed by atoms with Crippen LogP contribution in [0.5, 0.6) is 11.5 Å². The zero-order valence-corrected chi connectivity index (χ0v) is 16.0. The predicted octanol–water partition coefficient (Wildman–Crippen LogP) is 1.92. The lowest BCUT2D eigenvalue weighted by Gasteiger charge is -2.37. The van der Waals surface area contributed by atoms with Crippen molar-refractivity contribution in [1.29, 1.82) is 0 Å². The van der Waals surface area contributed by atoms with Crippen LogP contribution in [0, 0.1) is 0 Å². The first kappa shape index (κ1) is 19.4. The Hall–Kier alpha value is -1.34. The van der Waals surface area contributed by atoms with Crippen LogP contribution in [0.4, 0.5) is 0 Å². The van der Waals surface area contributed by atoms with Crippen LogP contribution in [-0.2, 0) is 4.74 Å². The highest BCUT2D eigenvalue weighted by molar-refractivity contribution is 5.41. The van der Waals surface area contributed by atoms with Gasteiger partial charge in [-0.1, -0.05) is 6.42 Å². The number of rotatable bonds is 7. The zero-order valence-electron chi connectivity index (χ0n) is 16.0. The molecule has 2 heterocycles. The molecule has 2 aliphatic rings. The van der Waals surface area contributed by atoms with Crippen molar-refractivity contribution in [2.45, 2.75) is 31.5 Å². The number of ether oxygens (including phenoxy) is 3. The minimum atomic E-state index is -0.617. The van der Waals surface area contributed by atoms with E-state index < -0.39 is 6.10 Å². The summed E-state index contributed by atoms with van der Waals surface area (Å²) in [5, 5.41) is 10.8. The van der Waals surface area contributed by atoms with Crippen LogP contribution in [-0.4, -0.2) is 81.1 Å². The van der Waals surface area contributed by atoms with Gasteiger partial charge in [0.15, 0.2) is 0 Å². The molecule has 1 N–H and O–H groups in total. The fraction of sp³-hybridized carbons (Fsp3) is 0.700. The van der Waals surface area contributed by atoms with Gasteiger partial charge in [-0.25, -0.2) is 0 Å². The molecule has 3 rings (SSSR count). The number of aliphatic hydroxyl groups excluding tert-OH is 1. The van der Waals surface area contributed by atoms with E-state index in [4.69, 9.17) is 14.2 Å². The summed E-state index contributed by atoms with van der Waals surface area (Å²) in [6.45, 7) is 6.37. The van der Waals surface area contributed by atoms with Crippen molar-refractivity contribution >= 4 is 0 Å². The van der Waals surface area contributed by atoms with Crippen LogP contribution in [0.25, 0.3) is 0 Å². The van der Waals surface area contributed by atoms with E-state index in [1.165, 1.54) is 32.4 Å². The molecule has 0 saturated carbocycles. The van der Waals surface area contributed by atoms with E-state index in [1.54, 1.807) is 14.2 Å². The Morgan fingerprint density at radius 3 is 2.65 bits per heavy atom. The maximum absolute atomic E-state index is 10.8. The fourth-order valence-corrected chi connectivity index (χ4v) is 3.93. The predicted molar refractivity (Wildman–Crippen MR) is 101 cm³/mol. The molecule has 0 unspecified atom stereocenters. The standard InChI is InChI=1S/C20H32N2O4/c1-24-16-6-7-20(25-2)18(12-16)19(23)15-22-10-11-26-17(14-22)13-21-8-4-3-5-9-21/h6-7,12,17,19,23H,3-5,8-11,13-15H2,1-2H3/t17-,19-/m1/s1. The lowest BCUT2D eigenvalue weighted by molar-refractivity contribution is -0.0551. The van der Waals surface area contributed by atoms with E-state index in [0.29, 0.717) is 12.3 Å². The average molecular weight is 364 g/mol. The summed E-state index contributed by atoms with van der Waals surface area (Å²) in [6, 6.07) is 5.55. The van der Waals surface area contributed by atoms with E-state index in [0.717, 1.165) is 37.6 Å². The van der Waals surface area contributed by atoms with Gasteiger partial charge < -0.3 is 24.2 Å². The Morgan fingerprint density at radius 2 is 1.92 bits per heavy atom. The lowest BCUT2D eigenvalue weighted by Crippen LogP contribution is -2.49. The molecule has 0 aromatic heterocycles. The van der Waals surface area contributed by atoms with Crippen LogP contribution in [0.2, 0.25) is 0 Å². The summed E-state index contributed by atoms with van der Waals surface area (Å²) in [4.78, 5) is 4.81. The summed E-state index contributed by atoms with van der Waals surface area (Å²) in [5.74, 6) is 1.42. The second kappa shape index (κ2) is 9.55. The van der Waals surface area contributed by atoms with Crippen LogP contribution < -0.4 is 9.47 Å². The van der Waals surface area contributed by atoms with Crippen LogP contribution in [0.3, 0.4) is 0 Å². The SMILES string of the molecule is COc1ccc(OC)c([C@H](O)CN2CCO[C@H](CN3CCCCC3)C2)c1. The summed E-state index contributed by atoms with van der Waals surface area (Å²) < 4.78 is 16.7. The molecular formula is C20H32N2O4. The molecule has 2 atom stereocenters. The second-order valence-corrected chi connectivity index (χ2v) is 7.24. The lowest BCUT2D eigenvalue weighted by atomic mass is 10.1. The van der Waals surface area contributed by atoms with Crippen molar-refractivity contribution in [3.63, 3.8) is 0 Å². The highest BCUT2D eigenvalue weighted by Gasteiger charge is 2.26. The van der Waals surface area contributed by atoms with Crippen LogP contribution >= 0.6 is 0 Å². The number of nitrogens with zero attached hydrogens (tertiary/aromatic N) is 2. The molecule has 146 valence electrons. The van der Waals surface area contributed by atoms with E-state index in [2.05, 4.69) is 9.80 Å². The normalized spacial score (nSPS) is 23.6. The highest BCUT2D eigenvalue weighted by Crippen LogP contribution is 2.30. The van der Waals surface area contributed by atoms with E-state index in [-0.39, 0.29) is 6.10 Å². The van der Waals surface area contributed by atoms with E-state index >= 15 is 0 Å². The molecule has 0 aliphatic carbocycles. The van der Waals surface area contributed by atoms with Crippen LogP contribution in [0.1, 0.15) is 30.9 Å². The molecule has 26 heavy (non-hydrogen) atoms. The summed E-state index contributed by atoms with van der Waals surface area (Å²) in [7, 11) is 3.26. The highest BCUT2D eigenvalue weighted by atomic mass is 16.5. The van der Waals surface area contributed by atoms with Gasteiger partial charge in [0.2, 0.25) is 0 Å². The third kappa shape index (κ3) is 5.10. The van der Waals surface area contributed by atoms with Gasteiger partial charge >= 0.3 is 0 Å². The summed E-state index contributed by atoms with van der Waals surface area (Å²) in [5.41, 5.74) is 0.769. The van der Waals surface area contributed by atoms with Crippen LogP contribution in [0.15, 0.2) is 18.2 Å². The number of morpholine rings is 1. The van der Waals surface area contributed by atoms with Gasteiger partial charge in [0.05, 0.1) is 33.0 Å². The molecule has 1 aromatic rings. The quantitative estimate of drug-likeness (QED) is 0.798. The zero-order chi connectivity index (χ0) is 18.4. The molecule has 0 amide bonds. The van der Waals surface area contributed by atoms with Crippen molar-refractivity contribution in [3.05, 3.63) is 23.8 Å². The molecule has 6 heteroatoms. The number of hydrogen-bond donors (Lipinski definition) is 1. The Labute approximate surface area is 156 Å². The summed E-state index contributed by atoms with van der Waals surface area (Å²) in [6.07, 6.45) is 3.55. The third-order valence-corrected chi connectivity index (χ3v) is 5.36. The van der Waals surface area contributed by atoms with Crippen molar-refractivity contribution in [2.75, 3.05) is 60.1 Å². The Bertz CT molecular complexity index is 563. The minimum absolute atomic E-state index is 0.223. The smallest absolute Gasteiger partial charge is 0.124 e. The van der Waals surface area contributed by atoms with Gasteiger partial charge in [-0.3, -0.25) is 4.90 Å². The maximum Gasteiger partial charge on any atom is 0.124 e. The molecule has 0 spiro atoms. The monoisotopic (exact) mass is 364 g/mol. The molecular weight excluding hydrogens is 332 g/mol. The topological polar surface area (TPSA) is 54.4 Å². The van der Waals surface area contributed by atoms with Gasteiger partial charge in [0.25, 0.3) is 0 Å². The molecule has 0 radical (unpaired) electrons. The van der Waals surface area contributed by atoms with Gasteiger partial charge in [0, 0.05) is 31.7 Å². The van der Waals surface area contributed by atoms with Gasteiger partial charge in [-0.05, 0) is 44.1 Å². The van der Waals surface area contributed by atoms with E-state index in [1.807, 2.05) is 18.2 Å². The first-order chi connectivity index (χ1) is 12.7. The average Bonchev–Trinajstić information content (AvgIpc) is 2.68. The maximum atomic E-state index is 10.8. The van der Waals surface area contributed by atoms with Gasteiger partial charge in [-0.2, -0.15) is 0 Å². The molecule has 2 saturated heterocycles. The number of methoxy groups -OCH3 is 2. The van der Waals surface area contributed by atoms with Crippen molar-refractivity contribution in [1.82, 2.24) is 9.80 Å². The van der Waals surface area contributed by atoms with Crippen molar-refractivity contribution in [3.8, 4) is 11.5 Å². The van der Waals surface area contributed by atoms with E-state index in [9.17, 15) is 5.11 Å². The Balaban J connectivity index is 1.57. The molecule has 1 aromatic carbocycles. The third-order valence-electron chi connectivity index (χ3n) is 5.36. The number of benzene rings is 1. The summed E-state index contributed by atoms with van der Waals surface area (Å²) >= 11 is 0. The Morgan fingerprint density at radius 1 is 1.12 bits per heavy atom. The number of likely N-dealkylation sites (tertiary alicyclic amines) is 1. The van der Waals surface area contributed by atoms with Crippen molar-refractivity contribution in [2.24, 2.45) is 0 Å². The van der Waals surface area contributed by atoms with Gasteiger partial charge in [0.1, 0.15) is 11.5 Å². The van der Waals surface area contributed by atoms with Gasteiger partial charge in [-0.15, -0.1) is 0 Å². The van der Waals surface area contributed by atoms with Crippen molar-refractivity contribution < 1.29 is 19.3 Å². The first-order valence-corrected chi connectivity index (χ1v) is 9.66. The number of β-amino-alcohol motifs (C(OH)–C–C–N with tert-alkyl or cyclic N) is 1. The number of hydrogen-bond acceptors (Lipinski definition) is 6. The second-order valence-electron chi connectivity index (χ2n) is 7.24. The largest absolute Gasteiger partial charge is 0.497 e. The first-order valence-electron chi connectivity index (χ1n) is 9.66. The Kier molecular flexibility index (Phi) is 7.14. The molecule has 2 aliphatic heterocycles. The molecule has 0 bridgehead atoms. The molecule has 2 fully saturated rings. The molecule has 6 nitrogen and oxygen atoms in total. The minimum Gasteiger partial charge on any atom is -0.497 e. The fourth-order valence-electron chi connectivity index (χ4n) is 3.93. The number of piperidine rings is 1. The number of aliphatic hydroxyl groups is 1.